The second kappa shape index (κ2) is 11.9. The van der Waals surface area contributed by atoms with Crippen LogP contribution in [-0.2, 0) is 0 Å². The van der Waals surface area contributed by atoms with E-state index in [1.54, 1.807) is 0 Å². The molecule has 0 spiro atoms. The number of hydrogen-bond acceptors (Lipinski definition) is 2. The lowest BCUT2D eigenvalue weighted by atomic mass is 9.86. The quantitative estimate of drug-likeness (QED) is 0.174. The van der Waals surface area contributed by atoms with Gasteiger partial charge in [0.1, 0.15) is 0 Å². The molecule has 3 nitrogen and oxygen atoms in total. The van der Waals surface area contributed by atoms with Crippen LogP contribution >= 0.6 is 0 Å². The summed E-state index contributed by atoms with van der Waals surface area (Å²) in [7, 11) is 0. The number of aromatic nitrogens is 3. The summed E-state index contributed by atoms with van der Waals surface area (Å²) < 4.78 is 2.40. The highest BCUT2D eigenvalue weighted by Crippen LogP contribution is 2.46. The van der Waals surface area contributed by atoms with Gasteiger partial charge in [0.25, 0.3) is 0 Å². The third kappa shape index (κ3) is 4.74. The summed E-state index contributed by atoms with van der Waals surface area (Å²) in [5, 5.41) is 9.17. The molecule has 238 valence electrons. The van der Waals surface area contributed by atoms with Crippen molar-refractivity contribution in [1.82, 2.24) is 14.5 Å². The zero-order chi connectivity index (χ0) is 33.7. The molecule has 7 aromatic carbocycles. The van der Waals surface area contributed by atoms with Crippen molar-refractivity contribution in [2.24, 2.45) is 0 Å². The van der Waals surface area contributed by atoms with Crippen LogP contribution in [0.4, 0.5) is 0 Å². The Morgan fingerprint density at radius 2 is 0.765 bits per heavy atom. The molecule has 0 bridgehead atoms. The topological polar surface area (TPSA) is 30.7 Å². The molecule has 0 saturated carbocycles. The van der Waals surface area contributed by atoms with Crippen molar-refractivity contribution >= 4 is 43.1 Å². The van der Waals surface area contributed by atoms with Gasteiger partial charge in [-0.3, -0.25) is 9.97 Å². The van der Waals surface area contributed by atoms with Crippen LogP contribution < -0.4 is 0 Å². The van der Waals surface area contributed by atoms with E-state index in [2.05, 4.69) is 180 Å². The van der Waals surface area contributed by atoms with Crippen LogP contribution in [0.3, 0.4) is 0 Å². The normalized spacial score (nSPS) is 11.5. The fourth-order valence-corrected chi connectivity index (χ4v) is 7.84. The van der Waals surface area contributed by atoms with Gasteiger partial charge < -0.3 is 4.57 Å². The minimum atomic E-state index is 0.975. The summed E-state index contributed by atoms with van der Waals surface area (Å²) in [6.45, 7) is 0. The molecular weight excluding hydrogens is 619 g/mol. The Kier molecular flexibility index (Phi) is 6.81. The molecule has 0 unspecified atom stereocenters. The third-order valence-electron chi connectivity index (χ3n) is 10.1. The molecule has 10 rings (SSSR count). The third-order valence-corrected chi connectivity index (χ3v) is 10.1. The van der Waals surface area contributed by atoms with Gasteiger partial charge in [-0.2, -0.15) is 0 Å². The summed E-state index contributed by atoms with van der Waals surface area (Å²) in [6.07, 6.45) is 3.88. The Balaban J connectivity index is 1.37. The number of rotatable bonds is 5. The maximum absolute atomic E-state index is 5.13. The van der Waals surface area contributed by atoms with Gasteiger partial charge in [0.2, 0.25) is 0 Å². The van der Waals surface area contributed by atoms with Crippen LogP contribution in [0.2, 0.25) is 0 Å². The Morgan fingerprint density at radius 3 is 1.29 bits per heavy atom. The van der Waals surface area contributed by atoms with Crippen LogP contribution in [0.25, 0.3) is 93.8 Å². The van der Waals surface area contributed by atoms with Crippen molar-refractivity contribution in [1.29, 1.82) is 0 Å². The Bertz CT molecular complexity index is 2840. The van der Waals surface area contributed by atoms with E-state index in [0.717, 1.165) is 83.0 Å². The highest BCUT2D eigenvalue weighted by molar-refractivity contribution is 6.24. The molecule has 0 aliphatic heterocycles. The zero-order valence-electron chi connectivity index (χ0n) is 27.7. The average Bonchev–Trinajstić information content (AvgIpc) is 3.66. The van der Waals surface area contributed by atoms with Crippen molar-refractivity contribution in [3.05, 3.63) is 188 Å². The van der Waals surface area contributed by atoms with Gasteiger partial charge in [-0.15, -0.1) is 0 Å². The summed E-state index contributed by atoms with van der Waals surface area (Å²) in [5.74, 6) is 0. The summed E-state index contributed by atoms with van der Waals surface area (Å²) in [6, 6.07) is 62.8. The van der Waals surface area contributed by atoms with Gasteiger partial charge in [0.15, 0.2) is 0 Å². The van der Waals surface area contributed by atoms with E-state index >= 15 is 0 Å². The van der Waals surface area contributed by atoms with E-state index in [-0.39, 0.29) is 0 Å². The first-order valence-corrected chi connectivity index (χ1v) is 17.3. The molecule has 0 fully saturated rings. The Hall–Kier alpha value is -6.84. The highest BCUT2D eigenvalue weighted by atomic mass is 15.0. The SMILES string of the molecule is c1ccc(-c2ccc(-c3ccccc3)n2-c2ccc3c(-c4nccc5ccccc45)c4ccccc4c(-c4nccc5ccccc45)c3c2)cc1. The first kappa shape index (κ1) is 29.1. The highest BCUT2D eigenvalue weighted by Gasteiger charge is 2.22. The molecule has 51 heavy (non-hydrogen) atoms. The largest absolute Gasteiger partial charge is 0.309 e. The number of nitrogens with zero attached hydrogens (tertiary/aromatic N) is 3. The second-order valence-corrected chi connectivity index (χ2v) is 13.0. The predicted octanol–water partition coefficient (Wildman–Crippen LogP) is 12.5. The summed E-state index contributed by atoms with van der Waals surface area (Å²) >= 11 is 0. The molecular formula is C48H31N3. The van der Waals surface area contributed by atoms with Gasteiger partial charge in [-0.25, -0.2) is 0 Å². The molecule has 0 aliphatic rings. The molecule has 0 saturated heterocycles. The van der Waals surface area contributed by atoms with Crippen LogP contribution in [0, 0.1) is 0 Å². The fourth-order valence-electron chi connectivity index (χ4n) is 7.84. The summed E-state index contributed by atoms with van der Waals surface area (Å²) in [4.78, 5) is 10.2. The monoisotopic (exact) mass is 649 g/mol. The minimum Gasteiger partial charge on any atom is -0.309 e. The van der Waals surface area contributed by atoms with E-state index in [4.69, 9.17) is 9.97 Å². The molecule has 0 atom stereocenters. The van der Waals surface area contributed by atoms with Crippen LogP contribution in [0.1, 0.15) is 0 Å². The van der Waals surface area contributed by atoms with Gasteiger partial charge >= 0.3 is 0 Å². The van der Waals surface area contributed by atoms with E-state index < -0.39 is 0 Å². The molecule has 3 heteroatoms. The molecule has 0 radical (unpaired) electrons. The Labute approximate surface area is 295 Å². The standard InChI is InChI=1S/C48H31N3/c1-3-15-34(16-4-1)43-25-26-44(35-17-5-2-6-18-35)51(43)36-23-24-41-42(31-36)46(48-38-20-10-8-14-33(38)28-30-50-48)40-22-12-11-21-39(40)45(41)47-37-19-9-7-13-32(37)27-29-49-47/h1-31H. The number of benzene rings is 7. The molecule has 0 amide bonds. The lowest BCUT2D eigenvalue weighted by Gasteiger charge is -2.21. The maximum Gasteiger partial charge on any atom is 0.0792 e. The van der Waals surface area contributed by atoms with Gasteiger partial charge in [-0.05, 0) is 79.8 Å². The molecule has 3 heterocycles. The van der Waals surface area contributed by atoms with E-state index in [1.165, 1.54) is 10.8 Å². The van der Waals surface area contributed by atoms with Crippen molar-refractivity contribution in [2.45, 2.75) is 0 Å². The lowest BCUT2D eigenvalue weighted by molar-refractivity contribution is 1.10. The molecule has 10 aromatic rings. The van der Waals surface area contributed by atoms with E-state index in [1.807, 2.05) is 12.4 Å². The number of pyridine rings is 2. The van der Waals surface area contributed by atoms with Crippen LogP contribution in [0.15, 0.2) is 188 Å². The van der Waals surface area contributed by atoms with Gasteiger partial charge in [-0.1, -0.05) is 140 Å². The zero-order valence-corrected chi connectivity index (χ0v) is 27.7. The first-order chi connectivity index (χ1) is 25.3. The van der Waals surface area contributed by atoms with Crippen molar-refractivity contribution in [3.8, 4) is 50.7 Å². The van der Waals surface area contributed by atoms with E-state index in [9.17, 15) is 0 Å². The second-order valence-electron chi connectivity index (χ2n) is 13.0. The Morgan fingerprint density at radius 1 is 0.333 bits per heavy atom. The van der Waals surface area contributed by atoms with Crippen LogP contribution in [0.5, 0.6) is 0 Å². The van der Waals surface area contributed by atoms with Crippen molar-refractivity contribution in [2.75, 3.05) is 0 Å². The van der Waals surface area contributed by atoms with Crippen LogP contribution in [-0.4, -0.2) is 14.5 Å². The molecule has 3 aromatic heterocycles. The van der Waals surface area contributed by atoms with Crippen molar-refractivity contribution in [3.63, 3.8) is 0 Å². The lowest BCUT2D eigenvalue weighted by Crippen LogP contribution is -2.01. The minimum absolute atomic E-state index is 0.975. The average molecular weight is 650 g/mol. The first-order valence-electron chi connectivity index (χ1n) is 17.3. The number of hydrogen-bond donors (Lipinski definition) is 0. The van der Waals surface area contributed by atoms with Gasteiger partial charge in [0, 0.05) is 40.0 Å². The summed E-state index contributed by atoms with van der Waals surface area (Å²) in [5.41, 5.74) is 9.89. The smallest absolute Gasteiger partial charge is 0.0792 e. The van der Waals surface area contributed by atoms with Crippen molar-refractivity contribution < 1.29 is 0 Å². The molecule has 0 N–H and O–H groups in total. The van der Waals surface area contributed by atoms with Gasteiger partial charge in [0.05, 0.1) is 22.8 Å². The fraction of sp³-hybridized carbons (Fsp3) is 0. The molecule has 0 aliphatic carbocycles. The van der Waals surface area contributed by atoms with E-state index in [0.29, 0.717) is 0 Å². The number of fused-ring (bicyclic) bond motifs is 4. The predicted molar refractivity (Wildman–Crippen MR) is 213 cm³/mol. The maximum atomic E-state index is 5.13.